The Morgan fingerprint density at radius 3 is 1.38 bits per heavy atom. The van der Waals surface area contributed by atoms with Crippen molar-refractivity contribution >= 4 is 82.5 Å². The maximum atomic E-state index is 6.40. The van der Waals surface area contributed by atoms with Crippen LogP contribution in [0.4, 0.5) is 17.1 Å². The zero-order chi connectivity index (χ0) is 34.9. The summed E-state index contributed by atoms with van der Waals surface area (Å²) in [7, 11) is 0. The Balaban J connectivity index is 1.04. The van der Waals surface area contributed by atoms with Crippen LogP contribution in [0.15, 0.2) is 191 Å². The Labute approximate surface area is 304 Å². The summed E-state index contributed by atoms with van der Waals surface area (Å²) < 4.78 is 12.8. The van der Waals surface area contributed by atoms with Crippen LogP contribution < -0.4 is 4.90 Å². The molecule has 4 nitrogen and oxygen atoms in total. The highest BCUT2D eigenvalue weighted by Crippen LogP contribution is 2.42. The van der Waals surface area contributed by atoms with Crippen LogP contribution in [-0.2, 0) is 0 Å². The van der Waals surface area contributed by atoms with E-state index in [4.69, 9.17) is 8.83 Å². The molecule has 0 unspecified atom stereocenters. The number of rotatable bonds is 5. The molecule has 0 aliphatic carbocycles. The van der Waals surface area contributed by atoms with Crippen molar-refractivity contribution in [1.29, 1.82) is 0 Å². The van der Waals surface area contributed by atoms with E-state index in [1.165, 1.54) is 0 Å². The van der Waals surface area contributed by atoms with E-state index in [9.17, 15) is 0 Å². The lowest BCUT2D eigenvalue weighted by molar-refractivity contribution is 0.672. The third-order valence-electron chi connectivity index (χ3n) is 10.5. The lowest BCUT2D eigenvalue weighted by Crippen LogP contribution is -2.10. The smallest absolute Gasteiger partial charge is 0.143 e. The van der Waals surface area contributed by atoms with Crippen molar-refractivity contribution in [2.75, 3.05) is 4.90 Å². The Bertz CT molecular complexity index is 3000. The summed E-state index contributed by atoms with van der Waals surface area (Å²) in [4.78, 5) is 6.84. The van der Waals surface area contributed by atoms with Gasteiger partial charge in [-0.1, -0.05) is 91.0 Å². The van der Waals surface area contributed by atoms with Gasteiger partial charge in [0.1, 0.15) is 22.3 Å². The normalized spacial score (nSPS) is 11.8. The fourth-order valence-corrected chi connectivity index (χ4v) is 7.89. The molecular weight excluding hydrogens is 649 g/mol. The molecule has 0 atom stereocenters. The van der Waals surface area contributed by atoms with Gasteiger partial charge in [-0.15, -0.1) is 0 Å². The predicted octanol–water partition coefficient (Wildman–Crippen LogP) is 14.0. The van der Waals surface area contributed by atoms with Crippen LogP contribution in [-0.4, -0.2) is 4.98 Å². The summed E-state index contributed by atoms with van der Waals surface area (Å²) >= 11 is 0. The van der Waals surface area contributed by atoms with Crippen LogP contribution in [0.5, 0.6) is 0 Å². The molecule has 11 aromatic rings. The number of benzene rings is 8. The quantitative estimate of drug-likeness (QED) is 0.182. The van der Waals surface area contributed by atoms with Crippen molar-refractivity contribution < 1.29 is 8.83 Å². The Morgan fingerprint density at radius 2 is 0.830 bits per heavy atom. The van der Waals surface area contributed by atoms with Gasteiger partial charge in [0.15, 0.2) is 0 Å². The van der Waals surface area contributed by atoms with Gasteiger partial charge >= 0.3 is 0 Å². The molecule has 0 N–H and O–H groups in total. The molecule has 11 rings (SSSR count). The molecule has 248 valence electrons. The van der Waals surface area contributed by atoms with Crippen LogP contribution >= 0.6 is 0 Å². The zero-order valence-corrected chi connectivity index (χ0v) is 28.5. The van der Waals surface area contributed by atoms with Crippen LogP contribution in [0.1, 0.15) is 0 Å². The van der Waals surface area contributed by atoms with E-state index in [0.29, 0.717) is 0 Å². The molecule has 0 aliphatic rings. The summed E-state index contributed by atoms with van der Waals surface area (Å²) in [6.07, 6.45) is 1.83. The molecule has 0 saturated heterocycles. The Kier molecular flexibility index (Phi) is 6.52. The second-order valence-electron chi connectivity index (χ2n) is 13.6. The number of fused-ring (bicyclic) bond motifs is 10. The van der Waals surface area contributed by atoms with Crippen LogP contribution in [0.25, 0.3) is 87.8 Å². The summed E-state index contributed by atoms with van der Waals surface area (Å²) in [6.45, 7) is 0. The highest BCUT2D eigenvalue weighted by atomic mass is 16.3. The summed E-state index contributed by atoms with van der Waals surface area (Å²) in [5, 5.41) is 8.96. The molecule has 8 aromatic carbocycles. The van der Waals surface area contributed by atoms with E-state index in [0.717, 1.165) is 105 Å². The molecule has 0 radical (unpaired) electrons. The first kappa shape index (κ1) is 29.5. The fraction of sp³-hybridized carbons (Fsp3) is 0. The lowest BCUT2D eigenvalue weighted by atomic mass is 10.0. The van der Waals surface area contributed by atoms with Gasteiger partial charge in [-0.2, -0.15) is 0 Å². The minimum Gasteiger partial charge on any atom is -0.455 e. The van der Waals surface area contributed by atoms with E-state index in [1.807, 2.05) is 48.7 Å². The molecule has 0 aliphatic heterocycles. The van der Waals surface area contributed by atoms with Gasteiger partial charge < -0.3 is 13.7 Å². The number of hydrogen-bond donors (Lipinski definition) is 0. The molecule has 0 spiro atoms. The maximum absolute atomic E-state index is 6.40. The first-order valence-electron chi connectivity index (χ1n) is 17.9. The number of para-hydroxylation sites is 2. The van der Waals surface area contributed by atoms with Crippen molar-refractivity contribution in [3.8, 4) is 22.4 Å². The van der Waals surface area contributed by atoms with E-state index in [-0.39, 0.29) is 0 Å². The van der Waals surface area contributed by atoms with E-state index < -0.39 is 0 Å². The highest BCUT2D eigenvalue weighted by molar-refractivity contribution is 6.17. The topological polar surface area (TPSA) is 42.4 Å². The lowest BCUT2D eigenvalue weighted by Gasteiger charge is -2.26. The number of nitrogens with zero attached hydrogens (tertiary/aromatic N) is 2. The van der Waals surface area contributed by atoms with Crippen molar-refractivity contribution in [2.45, 2.75) is 0 Å². The van der Waals surface area contributed by atoms with Crippen molar-refractivity contribution in [2.24, 2.45) is 0 Å². The molecule has 53 heavy (non-hydrogen) atoms. The second kappa shape index (κ2) is 11.7. The molecular formula is C49H30N2O2. The molecule has 3 aromatic heterocycles. The van der Waals surface area contributed by atoms with Crippen LogP contribution in [0, 0.1) is 0 Å². The number of hydrogen-bond acceptors (Lipinski definition) is 4. The summed E-state index contributed by atoms with van der Waals surface area (Å²) in [5.41, 5.74) is 11.2. The minimum absolute atomic E-state index is 0.905. The van der Waals surface area contributed by atoms with Crippen molar-refractivity contribution in [3.63, 3.8) is 0 Å². The molecule has 3 heterocycles. The largest absolute Gasteiger partial charge is 0.455 e. The molecule has 4 heteroatoms. The molecule has 0 fully saturated rings. The molecule has 0 bridgehead atoms. The van der Waals surface area contributed by atoms with Gasteiger partial charge in [-0.05, 0) is 107 Å². The van der Waals surface area contributed by atoms with E-state index in [2.05, 4.69) is 143 Å². The Morgan fingerprint density at radius 1 is 0.358 bits per heavy atom. The average Bonchev–Trinajstić information content (AvgIpc) is 3.81. The fourth-order valence-electron chi connectivity index (χ4n) is 7.89. The highest BCUT2D eigenvalue weighted by Gasteiger charge is 2.18. The molecule has 0 saturated carbocycles. The van der Waals surface area contributed by atoms with E-state index in [1.54, 1.807) is 0 Å². The zero-order valence-electron chi connectivity index (χ0n) is 28.5. The summed E-state index contributed by atoms with van der Waals surface area (Å²) in [5.74, 6) is 0. The van der Waals surface area contributed by atoms with Crippen LogP contribution in [0.3, 0.4) is 0 Å². The van der Waals surface area contributed by atoms with Gasteiger partial charge in [0.25, 0.3) is 0 Å². The summed E-state index contributed by atoms with van der Waals surface area (Å²) in [6, 6.07) is 62.0. The third kappa shape index (κ3) is 4.80. The molecule has 0 amide bonds. The van der Waals surface area contributed by atoms with E-state index >= 15 is 0 Å². The van der Waals surface area contributed by atoms with Gasteiger partial charge in [0, 0.05) is 61.1 Å². The number of furan rings is 2. The number of anilines is 3. The monoisotopic (exact) mass is 678 g/mol. The first-order valence-corrected chi connectivity index (χ1v) is 17.9. The standard InChI is InChI=1S/C49H30N2O2/c1-3-10-46-41(7-1)43-24-18-34-29-37(22-26-39(34)48(43)52-46)51(36-20-16-32(17-21-36)31-12-14-33(15-13-31)45-9-5-6-28-50-45)38-23-27-40-35(30-38)19-25-44-42-8-2-4-11-47(42)53-49(40)44/h1-30H. The SMILES string of the molecule is c1ccc(-c2ccc(-c3ccc(N(c4ccc5c(ccc6c7ccccc7oc56)c4)c4ccc5c(ccc6c7ccccc7oc56)c4)cc3)cc2)nc1. The Hall–Kier alpha value is -7.17. The average molecular weight is 679 g/mol. The second-order valence-corrected chi connectivity index (χ2v) is 13.6. The minimum atomic E-state index is 0.905. The third-order valence-corrected chi connectivity index (χ3v) is 10.5. The maximum Gasteiger partial charge on any atom is 0.143 e. The van der Waals surface area contributed by atoms with Crippen molar-refractivity contribution in [3.05, 3.63) is 182 Å². The van der Waals surface area contributed by atoms with Gasteiger partial charge in [-0.25, -0.2) is 0 Å². The first-order chi connectivity index (χ1) is 26.2. The van der Waals surface area contributed by atoms with Crippen LogP contribution in [0.2, 0.25) is 0 Å². The van der Waals surface area contributed by atoms with Gasteiger partial charge in [-0.3, -0.25) is 4.98 Å². The van der Waals surface area contributed by atoms with Gasteiger partial charge in [0.05, 0.1) is 5.69 Å². The predicted molar refractivity (Wildman–Crippen MR) is 219 cm³/mol. The number of aromatic nitrogens is 1. The van der Waals surface area contributed by atoms with Crippen molar-refractivity contribution in [1.82, 2.24) is 4.98 Å². The number of pyridine rings is 1. The van der Waals surface area contributed by atoms with Gasteiger partial charge in [0.2, 0.25) is 0 Å².